The molecule has 0 aliphatic rings. The van der Waals surface area contributed by atoms with Gasteiger partial charge in [-0.25, -0.2) is 14.8 Å². The Kier molecular flexibility index (Phi) is 3.60. The van der Waals surface area contributed by atoms with Crippen molar-refractivity contribution in [3.63, 3.8) is 0 Å². The van der Waals surface area contributed by atoms with E-state index >= 15 is 0 Å². The fraction of sp³-hybridized carbons (Fsp3) is 0. The molecule has 0 unspecified atom stereocenters. The zero-order valence-electron chi connectivity index (χ0n) is 11.0. The van der Waals surface area contributed by atoms with Gasteiger partial charge in [-0.15, -0.1) is 0 Å². The number of benzene rings is 1. The largest absolute Gasteiger partial charge is 0.418 e. The maximum atomic E-state index is 11.9. The number of ether oxygens (including phenoxy) is 1. The summed E-state index contributed by atoms with van der Waals surface area (Å²) in [5, 5.41) is 2.62. The molecular weight excluding hydrogens is 268 g/mol. The van der Waals surface area contributed by atoms with E-state index in [1.54, 1.807) is 48.9 Å². The van der Waals surface area contributed by atoms with Gasteiger partial charge in [-0.05, 0) is 24.3 Å². The molecule has 0 atom stereocenters. The summed E-state index contributed by atoms with van der Waals surface area (Å²) in [6.45, 7) is 0. The third kappa shape index (κ3) is 3.06. The van der Waals surface area contributed by atoms with E-state index in [1.165, 1.54) is 0 Å². The van der Waals surface area contributed by atoms with E-state index in [0.29, 0.717) is 23.0 Å². The number of nitrogens with zero attached hydrogens (tertiary/aromatic N) is 2. The maximum Gasteiger partial charge on any atom is 0.418 e. The Balaban J connectivity index is 1.78. The summed E-state index contributed by atoms with van der Waals surface area (Å²) in [5.41, 5.74) is 0.688. The number of carbonyl (C=O) groups is 1. The summed E-state index contributed by atoms with van der Waals surface area (Å²) >= 11 is 0. The second kappa shape index (κ2) is 5.87. The summed E-state index contributed by atoms with van der Waals surface area (Å²) in [5.74, 6) is 1.47. The SMILES string of the molecule is O=C(Nc1ncccc1-c1ncc[nH]1)Oc1ccccc1. The summed E-state index contributed by atoms with van der Waals surface area (Å²) in [4.78, 5) is 23.2. The van der Waals surface area contributed by atoms with Crippen LogP contribution in [0.15, 0.2) is 61.1 Å². The van der Waals surface area contributed by atoms with Crippen LogP contribution >= 0.6 is 0 Å². The number of hydrogen-bond acceptors (Lipinski definition) is 4. The van der Waals surface area contributed by atoms with Crippen molar-refractivity contribution >= 4 is 11.9 Å². The van der Waals surface area contributed by atoms with E-state index < -0.39 is 6.09 Å². The van der Waals surface area contributed by atoms with Crippen LogP contribution in [0.5, 0.6) is 5.75 Å². The molecule has 0 spiro atoms. The van der Waals surface area contributed by atoms with Crippen LogP contribution in [-0.4, -0.2) is 21.0 Å². The zero-order valence-corrected chi connectivity index (χ0v) is 11.0. The van der Waals surface area contributed by atoms with Gasteiger partial charge in [0.1, 0.15) is 17.4 Å². The highest BCUT2D eigenvalue weighted by Crippen LogP contribution is 2.22. The molecule has 6 nitrogen and oxygen atoms in total. The lowest BCUT2D eigenvalue weighted by molar-refractivity contribution is 0.215. The fourth-order valence-corrected chi connectivity index (χ4v) is 1.83. The zero-order chi connectivity index (χ0) is 14.5. The van der Waals surface area contributed by atoms with Gasteiger partial charge in [0.15, 0.2) is 0 Å². The van der Waals surface area contributed by atoms with E-state index in [9.17, 15) is 4.79 Å². The van der Waals surface area contributed by atoms with Crippen molar-refractivity contribution in [1.29, 1.82) is 0 Å². The Bertz CT molecular complexity index is 726. The highest BCUT2D eigenvalue weighted by molar-refractivity contribution is 5.89. The number of pyridine rings is 1. The number of hydrogen-bond donors (Lipinski definition) is 2. The quantitative estimate of drug-likeness (QED) is 0.772. The molecule has 2 N–H and O–H groups in total. The lowest BCUT2D eigenvalue weighted by atomic mass is 10.2. The predicted molar refractivity (Wildman–Crippen MR) is 77.9 cm³/mol. The number of anilines is 1. The second-order valence-corrected chi connectivity index (χ2v) is 4.16. The van der Waals surface area contributed by atoms with Crippen LogP contribution in [0.2, 0.25) is 0 Å². The molecule has 6 heteroatoms. The molecule has 0 fully saturated rings. The summed E-state index contributed by atoms with van der Waals surface area (Å²) in [6, 6.07) is 12.4. The van der Waals surface area contributed by atoms with E-state index in [2.05, 4.69) is 20.3 Å². The Labute approximate surface area is 120 Å². The van der Waals surface area contributed by atoms with E-state index in [0.717, 1.165) is 0 Å². The van der Waals surface area contributed by atoms with Gasteiger partial charge in [-0.2, -0.15) is 0 Å². The van der Waals surface area contributed by atoms with Crippen LogP contribution in [0.3, 0.4) is 0 Å². The van der Waals surface area contributed by atoms with Crippen molar-refractivity contribution in [2.45, 2.75) is 0 Å². The third-order valence-corrected chi connectivity index (χ3v) is 2.74. The van der Waals surface area contributed by atoms with Gasteiger partial charge in [0.25, 0.3) is 0 Å². The van der Waals surface area contributed by atoms with Gasteiger partial charge < -0.3 is 9.72 Å². The molecule has 0 aliphatic carbocycles. The number of imidazole rings is 1. The van der Waals surface area contributed by atoms with Crippen LogP contribution in [0.4, 0.5) is 10.6 Å². The summed E-state index contributed by atoms with van der Waals surface area (Å²) in [7, 11) is 0. The minimum Gasteiger partial charge on any atom is -0.410 e. The van der Waals surface area contributed by atoms with E-state index in [-0.39, 0.29) is 0 Å². The highest BCUT2D eigenvalue weighted by Gasteiger charge is 2.12. The number of nitrogens with one attached hydrogen (secondary N) is 2. The summed E-state index contributed by atoms with van der Waals surface area (Å²) < 4.78 is 5.17. The average molecular weight is 280 g/mol. The van der Waals surface area contributed by atoms with E-state index in [4.69, 9.17) is 4.74 Å². The molecule has 3 aromatic rings. The highest BCUT2D eigenvalue weighted by atomic mass is 16.6. The molecule has 3 rings (SSSR count). The number of carbonyl (C=O) groups excluding carboxylic acids is 1. The number of para-hydroxylation sites is 1. The van der Waals surface area contributed by atoms with Gasteiger partial charge in [0, 0.05) is 18.6 Å². The smallest absolute Gasteiger partial charge is 0.410 e. The number of aromatic amines is 1. The van der Waals surface area contributed by atoms with Crippen molar-refractivity contribution in [3.8, 4) is 17.1 Å². The normalized spacial score (nSPS) is 10.1. The molecule has 2 aromatic heterocycles. The first-order valence-corrected chi connectivity index (χ1v) is 6.31. The van der Waals surface area contributed by atoms with Crippen molar-refractivity contribution in [3.05, 3.63) is 61.1 Å². The van der Waals surface area contributed by atoms with Gasteiger partial charge >= 0.3 is 6.09 Å². The molecule has 104 valence electrons. The van der Waals surface area contributed by atoms with Crippen LogP contribution < -0.4 is 10.1 Å². The van der Waals surface area contributed by atoms with Crippen LogP contribution in [0.25, 0.3) is 11.4 Å². The predicted octanol–water partition coefficient (Wildman–Crippen LogP) is 3.08. The molecular formula is C15H12N4O2. The monoisotopic (exact) mass is 280 g/mol. The Morgan fingerprint density at radius 2 is 1.90 bits per heavy atom. The molecule has 1 amide bonds. The first-order chi connectivity index (χ1) is 10.3. The maximum absolute atomic E-state index is 11.9. The van der Waals surface area contributed by atoms with Crippen LogP contribution in [0.1, 0.15) is 0 Å². The molecule has 2 heterocycles. The molecule has 1 aromatic carbocycles. The van der Waals surface area contributed by atoms with Crippen molar-refractivity contribution < 1.29 is 9.53 Å². The topological polar surface area (TPSA) is 79.9 Å². The molecule has 0 bridgehead atoms. The van der Waals surface area contributed by atoms with E-state index in [1.807, 2.05) is 12.1 Å². The first-order valence-electron chi connectivity index (χ1n) is 6.31. The third-order valence-electron chi connectivity index (χ3n) is 2.74. The van der Waals surface area contributed by atoms with Gasteiger partial charge in [0.2, 0.25) is 0 Å². The Hall–Kier alpha value is -3.15. The number of aromatic nitrogens is 3. The summed E-state index contributed by atoms with van der Waals surface area (Å²) in [6.07, 6.45) is 4.32. The van der Waals surface area contributed by atoms with Gasteiger partial charge in [-0.1, -0.05) is 18.2 Å². The second-order valence-electron chi connectivity index (χ2n) is 4.16. The minimum absolute atomic E-state index is 0.383. The number of rotatable bonds is 3. The lowest BCUT2D eigenvalue weighted by Crippen LogP contribution is -2.18. The van der Waals surface area contributed by atoms with Crippen LogP contribution in [0, 0.1) is 0 Å². The van der Waals surface area contributed by atoms with Gasteiger partial charge in [0.05, 0.1) is 5.56 Å². The number of H-pyrrole nitrogens is 1. The van der Waals surface area contributed by atoms with Crippen molar-refractivity contribution in [2.75, 3.05) is 5.32 Å². The molecule has 21 heavy (non-hydrogen) atoms. The molecule has 0 saturated carbocycles. The Morgan fingerprint density at radius 3 is 2.67 bits per heavy atom. The first kappa shape index (κ1) is 12.9. The van der Waals surface area contributed by atoms with Gasteiger partial charge in [-0.3, -0.25) is 5.32 Å². The average Bonchev–Trinajstić information content (AvgIpc) is 3.03. The minimum atomic E-state index is -0.604. The Morgan fingerprint density at radius 1 is 1.05 bits per heavy atom. The van der Waals surface area contributed by atoms with Crippen LogP contribution in [-0.2, 0) is 0 Å². The lowest BCUT2D eigenvalue weighted by Gasteiger charge is -2.08. The fourth-order valence-electron chi connectivity index (χ4n) is 1.83. The van der Waals surface area contributed by atoms with Crippen molar-refractivity contribution in [2.24, 2.45) is 0 Å². The molecule has 0 saturated heterocycles. The van der Waals surface area contributed by atoms with Crippen molar-refractivity contribution in [1.82, 2.24) is 15.0 Å². The molecule has 0 aliphatic heterocycles. The standard InChI is InChI=1S/C15H12N4O2/c20-15(21-11-5-2-1-3-6-11)19-14-12(7-4-8-16-14)13-17-9-10-18-13/h1-10H,(H,17,18)(H,16,19,20). The number of amides is 1. The molecule has 0 radical (unpaired) electrons.